The van der Waals surface area contributed by atoms with Gasteiger partial charge in [0.15, 0.2) is 11.5 Å². The highest BCUT2D eigenvalue weighted by Gasteiger charge is 2.39. The van der Waals surface area contributed by atoms with Crippen LogP contribution in [0.15, 0.2) is 42.5 Å². The lowest BCUT2D eigenvalue weighted by Crippen LogP contribution is -2.31. The Balaban J connectivity index is 1.89. The molecule has 2 aromatic carbocycles. The van der Waals surface area contributed by atoms with Gasteiger partial charge in [-0.3, -0.25) is 0 Å². The van der Waals surface area contributed by atoms with Gasteiger partial charge in [0.1, 0.15) is 0 Å². The van der Waals surface area contributed by atoms with Crippen molar-refractivity contribution in [1.29, 1.82) is 0 Å². The zero-order valence-corrected chi connectivity index (χ0v) is 13.6. The lowest BCUT2D eigenvalue weighted by molar-refractivity contribution is 0.0135. The lowest BCUT2D eigenvalue weighted by Gasteiger charge is -2.33. The minimum atomic E-state index is -0.319. The first kappa shape index (κ1) is 14.3. The SMILES string of the molecule is COC(C)(C)C1C(c2ccccc2)=Cc2cc3c(cc21)OCO3. The molecule has 4 rings (SSSR count). The molecule has 3 nitrogen and oxygen atoms in total. The molecule has 1 atom stereocenters. The Hall–Kier alpha value is -2.26. The van der Waals surface area contributed by atoms with E-state index in [1.807, 2.05) is 6.07 Å². The van der Waals surface area contributed by atoms with Crippen molar-refractivity contribution < 1.29 is 14.2 Å². The number of benzene rings is 2. The van der Waals surface area contributed by atoms with Gasteiger partial charge in [-0.05, 0) is 54.3 Å². The van der Waals surface area contributed by atoms with E-state index in [2.05, 4.69) is 56.3 Å². The predicted molar refractivity (Wildman–Crippen MR) is 90.7 cm³/mol. The van der Waals surface area contributed by atoms with Crippen LogP contribution in [0.2, 0.25) is 0 Å². The van der Waals surface area contributed by atoms with E-state index in [0.29, 0.717) is 6.79 Å². The summed E-state index contributed by atoms with van der Waals surface area (Å²) < 4.78 is 16.9. The summed E-state index contributed by atoms with van der Waals surface area (Å²) in [7, 11) is 1.77. The summed E-state index contributed by atoms with van der Waals surface area (Å²) in [6.45, 7) is 4.56. The van der Waals surface area contributed by atoms with Crippen LogP contribution in [0.1, 0.15) is 36.5 Å². The molecule has 23 heavy (non-hydrogen) atoms. The van der Waals surface area contributed by atoms with E-state index in [1.165, 1.54) is 22.3 Å². The van der Waals surface area contributed by atoms with E-state index in [-0.39, 0.29) is 11.5 Å². The van der Waals surface area contributed by atoms with Crippen LogP contribution in [-0.4, -0.2) is 19.5 Å². The van der Waals surface area contributed by atoms with Crippen molar-refractivity contribution in [2.45, 2.75) is 25.4 Å². The van der Waals surface area contributed by atoms with Crippen LogP contribution in [0, 0.1) is 0 Å². The fourth-order valence-electron chi connectivity index (χ4n) is 3.51. The van der Waals surface area contributed by atoms with E-state index in [0.717, 1.165) is 11.5 Å². The monoisotopic (exact) mass is 308 g/mol. The van der Waals surface area contributed by atoms with Crippen molar-refractivity contribution in [3.8, 4) is 11.5 Å². The Morgan fingerprint density at radius 1 is 1.04 bits per heavy atom. The summed E-state index contributed by atoms with van der Waals surface area (Å²) in [5.41, 5.74) is 4.60. The molecule has 1 aliphatic heterocycles. The largest absolute Gasteiger partial charge is 0.454 e. The van der Waals surface area contributed by atoms with Gasteiger partial charge in [-0.2, -0.15) is 0 Å². The lowest BCUT2D eigenvalue weighted by atomic mass is 9.79. The van der Waals surface area contributed by atoms with Crippen molar-refractivity contribution in [2.75, 3.05) is 13.9 Å². The minimum Gasteiger partial charge on any atom is -0.454 e. The fourth-order valence-corrected chi connectivity index (χ4v) is 3.51. The van der Waals surface area contributed by atoms with Crippen LogP contribution in [-0.2, 0) is 4.74 Å². The van der Waals surface area contributed by atoms with E-state index in [9.17, 15) is 0 Å². The Kier molecular flexibility index (Phi) is 3.20. The predicted octanol–water partition coefficient (Wildman–Crippen LogP) is 4.48. The maximum Gasteiger partial charge on any atom is 0.231 e. The van der Waals surface area contributed by atoms with E-state index in [1.54, 1.807) is 7.11 Å². The number of hydrogen-bond donors (Lipinski definition) is 0. The minimum absolute atomic E-state index is 0.152. The molecule has 0 saturated heterocycles. The molecule has 2 aromatic rings. The van der Waals surface area contributed by atoms with Gasteiger partial charge in [0.05, 0.1) is 5.60 Å². The number of ether oxygens (including phenoxy) is 3. The quantitative estimate of drug-likeness (QED) is 0.837. The Morgan fingerprint density at radius 2 is 1.74 bits per heavy atom. The standard InChI is InChI=1S/C20H20O3/c1-20(2,21-3)19-15(13-7-5-4-6-8-13)9-14-10-17-18(11-16(14)19)23-12-22-17/h4-11,19H,12H2,1-3H3. The molecule has 0 spiro atoms. The maximum absolute atomic E-state index is 5.84. The summed E-state index contributed by atoms with van der Waals surface area (Å²) in [4.78, 5) is 0. The van der Waals surface area contributed by atoms with Gasteiger partial charge in [-0.25, -0.2) is 0 Å². The summed E-state index contributed by atoms with van der Waals surface area (Å²) in [5.74, 6) is 1.80. The van der Waals surface area contributed by atoms with E-state index in [4.69, 9.17) is 14.2 Å². The van der Waals surface area contributed by atoms with Gasteiger partial charge in [0.25, 0.3) is 0 Å². The van der Waals surface area contributed by atoms with Gasteiger partial charge < -0.3 is 14.2 Å². The van der Waals surface area contributed by atoms with Gasteiger partial charge in [0, 0.05) is 13.0 Å². The molecule has 0 radical (unpaired) electrons. The number of fused-ring (bicyclic) bond motifs is 2. The number of methoxy groups -OCH3 is 1. The fraction of sp³-hybridized carbons (Fsp3) is 0.300. The second-order valence-electron chi connectivity index (χ2n) is 6.54. The summed E-state index contributed by atoms with van der Waals surface area (Å²) >= 11 is 0. The van der Waals surface area contributed by atoms with E-state index >= 15 is 0 Å². The molecule has 0 fully saturated rings. The van der Waals surface area contributed by atoms with Crippen LogP contribution in [0.25, 0.3) is 11.6 Å². The molecule has 2 aliphatic rings. The highest BCUT2D eigenvalue weighted by atomic mass is 16.7. The molecular weight excluding hydrogens is 288 g/mol. The van der Waals surface area contributed by atoms with Crippen molar-refractivity contribution in [3.05, 3.63) is 59.2 Å². The van der Waals surface area contributed by atoms with Crippen LogP contribution in [0.4, 0.5) is 0 Å². The van der Waals surface area contributed by atoms with Gasteiger partial charge in [0.2, 0.25) is 6.79 Å². The average Bonchev–Trinajstić information content (AvgIpc) is 3.16. The third-order valence-electron chi connectivity index (χ3n) is 4.84. The topological polar surface area (TPSA) is 27.7 Å². The molecule has 0 aromatic heterocycles. The van der Waals surface area contributed by atoms with Crippen LogP contribution in [0.5, 0.6) is 11.5 Å². The van der Waals surface area contributed by atoms with Crippen molar-refractivity contribution in [1.82, 2.24) is 0 Å². The molecule has 0 amide bonds. The molecule has 1 aliphatic carbocycles. The molecule has 118 valence electrons. The first-order valence-electron chi connectivity index (χ1n) is 7.86. The van der Waals surface area contributed by atoms with Crippen molar-refractivity contribution >= 4 is 11.6 Å². The zero-order valence-electron chi connectivity index (χ0n) is 13.6. The van der Waals surface area contributed by atoms with Gasteiger partial charge in [-0.15, -0.1) is 0 Å². The molecule has 1 unspecified atom stereocenters. The third kappa shape index (κ3) is 2.23. The van der Waals surface area contributed by atoms with Crippen LogP contribution >= 0.6 is 0 Å². The second kappa shape index (κ2) is 5.14. The summed E-state index contributed by atoms with van der Waals surface area (Å²) in [6, 6.07) is 14.7. The molecule has 0 saturated carbocycles. The van der Waals surface area contributed by atoms with Crippen molar-refractivity contribution in [2.24, 2.45) is 0 Å². The summed E-state index contributed by atoms with van der Waals surface area (Å²) in [6.07, 6.45) is 2.25. The number of hydrogen-bond acceptors (Lipinski definition) is 3. The molecule has 3 heteroatoms. The summed E-state index contributed by atoms with van der Waals surface area (Å²) in [5, 5.41) is 0. The highest BCUT2D eigenvalue weighted by molar-refractivity contribution is 5.93. The van der Waals surface area contributed by atoms with Crippen LogP contribution in [0.3, 0.4) is 0 Å². The molecule has 0 bridgehead atoms. The zero-order chi connectivity index (χ0) is 16.0. The highest BCUT2D eigenvalue weighted by Crippen LogP contribution is 2.51. The average molecular weight is 308 g/mol. The van der Waals surface area contributed by atoms with Crippen molar-refractivity contribution in [3.63, 3.8) is 0 Å². The Bertz CT molecular complexity index is 775. The first-order valence-corrected chi connectivity index (χ1v) is 7.86. The molecule has 1 heterocycles. The smallest absolute Gasteiger partial charge is 0.231 e. The maximum atomic E-state index is 5.84. The molecular formula is C20H20O3. The van der Waals surface area contributed by atoms with Gasteiger partial charge in [-0.1, -0.05) is 30.3 Å². The second-order valence-corrected chi connectivity index (χ2v) is 6.54. The third-order valence-corrected chi connectivity index (χ3v) is 4.84. The number of rotatable bonds is 3. The Labute approximate surface area is 136 Å². The van der Waals surface area contributed by atoms with E-state index < -0.39 is 0 Å². The molecule has 0 N–H and O–H groups in total. The Morgan fingerprint density at radius 3 is 2.43 bits per heavy atom. The first-order chi connectivity index (χ1) is 11.1. The van der Waals surface area contributed by atoms with Gasteiger partial charge >= 0.3 is 0 Å². The van der Waals surface area contributed by atoms with Crippen LogP contribution < -0.4 is 9.47 Å². The normalized spacial score (nSPS) is 18.7.